The Balaban J connectivity index is 2.44. The zero-order chi connectivity index (χ0) is 11.5. The van der Waals surface area contributed by atoms with E-state index in [1.54, 1.807) is 6.26 Å². The topological polar surface area (TPSA) is 77.2 Å². The van der Waals surface area contributed by atoms with Gasteiger partial charge in [0.05, 0.1) is 6.26 Å². The van der Waals surface area contributed by atoms with Gasteiger partial charge in [0.1, 0.15) is 11.8 Å². The van der Waals surface area contributed by atoms with Gasteiger partial charge in [-0.1, -0.05) is 15.9 Å². The highest BCUT2D eigenvalue weighted by molar-refractivity contribution is 9.10. The second kappa shape index (κ2) is 4.69. The van der Waals surface area contributed by atoms with Crippen molar-refractivity contribution in [2.75, 3.05) is 5.73 Å². The molecule has 5 heteroatoms. The van der Waals surface area contributed by atoms with Gasteiger partial charge in [0.25, 0.3) is 0 Å². The summed E-state index contributed by atoms with van der Waals surface area (Å²) in [6.07, 6.45) is 1.61. The number of hydrazine groups is 1. The molecule has 0 spiro atoms. The van der Waals surface area contributed by atoms with Crippen LogP contribution in [0.5, 0.6) is 0 Å². The minimum absolute atomic E-state index is 0.243. The SMILES string of the molecule is NNC(c1ccco1)c1cc(Br)ccc1N. The molecule has 0 saturated carbocycles. The van der Waals surface area contributed by atoms with E-state index in [1.807, 2.05) is 30.3 Å². The summed E-state index contributed by atoms with van der Waals surface area (Å²) in [5, 5.41) is 0. The molecule has 0 bridgehead atoms. The van der Waals surface area contributed by atoms with Crippen LogP contribution in [0.3, 0.4) is 0 Å². The van der Waals surface area contributed by atoms with Gasteiger partial charge in [0.15, 0.2) is 0 Å². The summed E-state index contributed by atoms with van der Waals surface area (Å²) in [7, 11) is 0. The summed E-state index contributed by atoms with van der Waals surface area (Å²) in [5.41, 5.74) is 10.2. The molecule has 0 amide bonds. The van der Waals surface area contributed by atoms with Crippen LogP contribution >= 0.6 is 15.9 Å². The molecule has 0 saturated heterocycles. The normalized spacial score (nSPS) is 12.6. The summed E-state index contributed by atoms with van der Waals surface area (Å²) >= 11 is 3.40. The summed E-state index contributed by atoms with van der Waals surface area (Å²) < 4.78 is 6.27. The molecule has 84 valence electrons. The summed E-state index contributed by atoms with van der Waals surface area (Å²) in [6, 6.07) is 9.05. The Morgan fingerprint density at radius 3 is 2.75 bits per heavy atom. The maximum Gasteiger partial charge on any atom is 0.126 e. The molecule has 0 aliphatic heterocycles. The first-order valence-corrected chi connectivity index (χ1v) is 5.56. The van der Waals surface area contributed by atoms with Crippen molar-refractivity contribution in [3.05, 3.63) is 52.4 Å². The molecule has 16 heavy (non-hydrogen) atoms. The molecule has 1 aromatic heterocycles. The van der Waals surface area contributed by atoms with Gasteiger partial charge in [-0.15, -0.1) is 0 Å². The molecule has 2 rings (SSSR count). The predicted octanol–water partition coefficient (Wildman–Crippen LogP) is 2.18. The lowest BCUT2D eigenvalue weighted by Crippen LogP contribution is -2.29. The summed E-state index contributed by atoms with van der Waals surface area (Å²) in [6.45, 7) is 0. The van der Waals surface area contributed by atoms with Crippen LogP contribution in [0.4, 0.5) is 5.69 Å². The second-order valence-corrected chi connectivity index (χ2v) is 4.30. The van der Waals surface area contributed by atoms with E-state index < -0.39 is 0 Å². The number of nitrogens with one attached hydrogen (secondary N) is 1. The molecule has 4 nitrogen and oxygen atoms in total. The minimum Gasteiger partial charge on any atom is -0.467 e. The van der Waals surface area contributed by atoms with Crippen molar-refractivity contribution in [2.45, 2.75) is 6.04 Å². The van der Waals surface area contributed by atoms with E-state index in [2.05, 4.69) is 21.4 Å². The van der Waals surface area contributed by atoms with Crippen molar-refractivity contribution < 1.29 is 4.42 Å². The molecule has 0 fully saturated rings. The fourth-order valence-electron chi connectivity index (χ4n) is 1.58. The van der Waals surface area contributed by atoms with E-state index in [-0.39, 0.29) is 6.04 Å². The Hall–Kier alpha value is -1.30. The fourth-order valence-corrected chi connectivity index (χ4v) is 1.96. The van der Waals surface area contributed by atoms with E-state index >= 15 is 0 Å². The quantitative estimate of drug-likeness (QED) is 0.458. The van der Waals surface area contributed by atoms with Crippen LogP contribution < -0.4 is 17.0 Å². The first-order valence-electron chi connectivity index (χ1n) is 4.77. The van der Waals surface area contributed by atoms with Crippen LogP contribution in [0.15, 0.2) is 45.5 Å². The fraction of sp³-hybridized carbons (Fsp3) is 0.0909. The van der Waals surface area contributed by atoms with Gasteiger partial charge >= 0.3 is 0 Å². The Morgan fingerprint density at radius 1 is 1.31 bits per heavy atom. The molecule has 1 atom stereocenters. The number of hydrogen-bond acceptors (Lipinski definition) is 4. The van der Waals surface area contributed by atoms with Crippen LogP contribution in [-0.4, -0.2) is 0 Å². The maximum atomic E-state index is 5.91. The Kier molecular flexibility index (Phi) is 3.28. The summed E-state index contributed by atoms with van der Waals surface area (Å²) in [4.78, 5) is 0. The van der Waals surface area contributed by atoms with Gasteiger partial charge in [-0.2, -0.15) is 0 Å². The van der Waals surface area contributed by atoms with E-state index in [0.717, 1.165) is 15.8 Å². The number of hydrogen-bond donors (Lipinski definition) is 3. The molecule has 1 heterocycles. The number of halogens is 1. The standard InChI is InChI=1S/C11H12BrN3O/c12-7-3-4-9(13)8(6-7)11(15-14)10-2-1-5-16-10/h1-6,11,15H,13-14H2. The van der Waals surface area contributed by atoms with Gasteiger partial charge in [0, 0.05) is 15.7 Å². The van der Waals surface area contributed by atoms with Crippen molar-refractivity contribution in [1.82, 2.24) is 5.43 Å². The zero-order valence-electron chi connectivity index (χ0n) is 8.48. The van der Waals surface area contributed by atoms with E-state index in [1.165, 1.54) is 0 Å². The highest BCUT2D eigenvalue weighted by Crippen LogP contribution is 2.28. The van der Waals surface area contributed by atoms with E-state index in [9.17, 15) is 0 Å². The largest absolute Gasteiger partial charge is 0.467 e. The van der Waals surface area contributed by atoms with Crippen molar-refractivity contribution in [3.8, 4) is 0 Å². The van der Waals surface area contributed by atoms with Crippen LogP contribution in [0.1, 0.15) is 17.4 Å². The Morgan fingerprint density at radius 2 is 2.12 bits per heavy atom. The monoisotopic (exact) mass is 281 g/mol. The average Bonchev–Trinajstić information content (AvgIpc) is 2.78. The zero-order valence-corrected chi connectivity index (χ0v) is 10.1. The number of benzene rings is 1. The lowest BCUT2D eigenvalue weighted by Gasteiger charge is -2.16. The number of rotatable bonds is 3. The third-order valence-electron chi connectivity index (χ3n) is 2.35. The Labute approximate surface area is 102 Å². The van der Waals surface area contributed by atoms with Crippen LogP contribution in [0, 0.1) is 0 Å². The number of nitrogens with two attached hydrogens (primary N) is 2. The molecule has 2 aromatic rings. The van der Waals surface area contributed by atoms with Crippen LogP contribution in [0.2, 0.25) is 0 Å². The van der Waals surface area contributed by atoms with Gasteiger partial charge in [-0.05, 0) is 30.3 Å². The third kappa shape index (κ3) is 2.11. The Bertz CT molecular complexity index is 470. The van der Waals surface area contributed by atoms with Crippen LogP contribution in [0.25, 0.3) is 0 Å². The number of furan rings is 1. The molecular weight excluding hydrogens is 270 g/mol. The highest BCUT2D eigenvalue weighted by atomic mass is 79.9. The van der Waals surface area contributed by atoms with Crippen LogP contribution in [-0.2, 0) is 0 Å². The molecule has 0 radical (unpaired) electrons. The number of anilines is 1. The lowest BCUT2D eigenvalue weighted by atomic mass is 10.0. The molecule has 1 unspecified atom stereocenters. The first-order chi connectivity index (χ1) is 7.72. The number of nitrogen functional groups attached to an aromatic ring is 1. The summed E-state index contributed by atoms with van der Waals surface area (Å²) in [5.74, 6) is 6.26. The molecule has 5 N–H and O–H groups in total. The highest BCUT2D eigenvalue weighted by Gasteiger charge is 2.17. The van der Waals surface area contributed by atoms with Gasteiger partial charge in [0.2, 0.25) is 0 Å². The molecule has 0 aliphatic carbocycles. The predicted molar refractivity (Wildman–Crippen MR) is 66.4 cm³/mol. The van der Waals surface area contributed by atoms with Crippen molar-refractivity contribution in [2.24, 2.45) is 5.84 Å². The molecular formula is C11H12BrN3O. The minimum atomic E-state index is -0.243. The maximum absolute atomic E-state index is 5.91. The average molecular weight is 282 g/mol. The molecule has 0 aliphatic rings. The first kappa shape index (κ1) is 11.2. The van der Waals surface area contributed by atoms with Crippen molar-refractivity contribution in [3.63, 3.8) is 0 Å². The van der Waals surface area contributed by atoms with Crippen molar-refractivity contribution >= 4 is 21.6 Å². The smallest absolute Gasteiger partial charge is 0.126 e. The van der Waals surface area contributed by atoms with E-state index in [4.69, 9.17) is 16.0 Å². The lowest BCUT2D eigenvalue weighted by molar-refractivity contribution is 0.452. The third-order valence-corrected chi connectivity index (χ3v) is 2.85. The van der Waals surface area contributed by atoms with Crippen molar-refractivity contribution in [1.29, 1.82) is 0 Å². The van der Waals surface area contributed by atoms with Gasteiger partial charge < -0.3 is 10.2 Å². The van der Waals surface area contributed by atoms with Gasteiger partial charge in [-0.3, -0.25) is 5.84 Å². The second-order valence-electron chi connectivity index (χ2n) is 3.39. The van der Waals surface area contributed by atoms with Gasteiger partial charge in [-0.25, -0.2) is 5.43 Å². The van der Waals surface area contributed by atoms with E-state index in [0.29, 0.717) is 5.69 Å². The molecule has 1 aromatic carbocycles.